The third-order valence-corrected chi connectivity index (χ3v) is 8.68. The van der Waals surface area contributed by atoms with Crippen molar-refractivity contribution < 1.29 is 29.7 Å². The predicted molar refractivity (Wildman–Crippen MR) is 132 cm³/mol. The van der Waals surface area contributed by atoms with Gasteiger partial charge in [-0.1, -0.05) is 49.2 Å². The van der Waals surface area contributed by atoms with Gasteiger partial charge in [0.05, 0.1) is 11.9 Å². The minimum atomic E-state index is -1.64. The number of aromatic hydroxyl groups is 1. The number of rotatable bonds is 7. The van der Waals surface area contributed by atoms with Crippen molar-refractivity contribution in [3.63, 3.8) is 0 Å². The summed E-state index contributed by atoms with van der Waals surface area (Å²) in [6.07, 6.45) is 1.79. The highest BCUT2D eigenvalue weighted by Crippen LogP contribution is 2.51. The Labute approximate surface area is 208 Å². The summed E-state index contributed by atoms with van der Waals surface area (Å²) in [5.74, 6) is -2.16. The number of aliphatic hydroxyl groups excluding tert-OH is 1. The van der Waals surface area contributed by atoms with Gasteiger partial charge < -0.3 is 25.5 Å². The van der Waals surface area contributed by atoms with Crippen LogP contribution in [0.3, 0.4) is 0 Å². The second kappa shape index (κ2) is 10.3. The lowest BCUT2D eigenvalue weighted by atomic mass is 9.94. The summed E-state index contributed by atoms with van der Waals surface area (Å²) in [6.45, 7) is 1.61. The van der Waals surface area contributed by atoms with E-state index in [1.165, 1.54) is 22.7 Å². The van der Waals surface area contributed by atoms with Gasteiger partial charge in [-0.05, 0) is 43.9 Å². The Morgan fingerprint density at radius 3 is 2.46 bits per heavy atom. The summed E-state index contributed by atoms with van der Waals surface area (Å²) in [6, 6.07) is 11.7. The molecule has 1 saturated carbocycles. The van der Waals surface area contributed by atoms with E-state index in [1.807, 2.05) is 30.3 Å². The average molecular weight is 499 g/mol. The number of hydrogen-bond acceptors (Lipinski definition) is 6. The summed E-state index contributed by atoms with van der Waals surface area (Å²) in [4.78, 5) is 40.0. The summed E-state index contributed by atoms with van der Waals surface area (Å²) in [5.41, 5.74) is 1.41. The molecule has 3 atom stereocenters. The molecule has 0 radical (unpaired) electrons. The molecule has 1 spiro atoms. The molecule has 2 aromatic carbocycles. The van der Waals surface area contributed by atoms with Crippen LogP contribution in [0.4, 0.5) is 0 Å². The molecule has 1 aliphatic heterocycles. The van der Waals surface area contributed by atoms with Crippen molar-refractivity contribution in [1.29, 1.82) is 0 Å². The predicted octanol–water partition coefficient (Wildman–Crippen LogP) is 2.70. The fraction of sp³-hybridized carbons (Fsp3) is 0.423. The van der Waals surface area contributed by atoms with Crippen LogP contribution in [0.2, 0.25) is 0 Å². The van der Waals surface area contributed by atoms with Crippen LogP contribution in [0.5, 0.6) is 5.75 Å². The summed E-state index contributed by atoms with van der Waals surface area (Å²) >= 11 is 1.47. The van der Waals surface area contributed by atoms with Gasteiger partial charge in [0.1, 0.15) is 11.8 Å². The van der Waals surface area contributed by atoms with E-state index in [4.69, 9.17) is 0 Å². The lowest BCUT2D eigenvalue weighted by Gasteiger charge is -2.33. The Morgan fingerprint density at radius 1 is 1.11 bits per heavy atom. The van der Waals surface area contributed by atoms with E-state index in [9.17, 15) is 29.7 Å². The van der Waals surface area contributed by atoms with Gasteiger partial charge in [-0.25, -0.2) is 4.79 Å². The Kier molecular flexibility index (Phi) is 7.37. The van der Waals surface area contributed by atoms with Crippen molar-refractivity contribution >= 4 is 29.5 Å². The summed E-state index contributed by atoms with van der Waals surface area (Å²) in [5, 5.41) is 33.9. The van der Waals surface area contributed by atoms with Gasteiger partial charge in [0.15, 0.2) is 6.10 Å². The molecule has 9 heteroatoms. The van der Waals surface area contributed by atoms with Gasteiger partial charge in [0.2, 0.25) is 0 Å². The van der Waals surface area contributed by atoms with Crippen molar-refractivity contribution in [3.05, 3.63) is 65.2 Å². The number of hydrogen-bond donors (Lipinski definition) is 4. The summed E-state index contributed by atoms with van der Waals surface area (Å²) < 4.78 is -0.530. The zero-order chi connectivity index (χ0) is 25.2. The molecule has 1 unspecified atom stereocenters. The Balaban J connectivity index is 1.60. The van der Waals surface area contributed by atoms with Crippen molar-refractivity contribution in [2.75, 3.05) is 5.88 Å². The number of carboxylic acids is 1. The monoisotopic (exact) mass is 498 g/mol. The van der Waals surface area contributed by atoms with Gasteiger partial charge >= 0.3 is 5.97 Å². The van der Waals surface area contributed by atoms with E-state index in [0.29, 0.717) is 5.56 Å². The number of phenolic OH excluding ortho intramolecular Hbond substituents is 1. The third kappa shape index (κ3) is 5.01. The Hall–Kier alpha value is -3.04. The highest BCUT2D eigenvalue weighted by Gasteiger charge is 2.55. The minimum Gasteiger partial charge on any atom is -0.508 e. The second-order valence-electron chi connectivity index (χ2n) is 9.26. The normalized spacial score (nSPS) is 20.5. The molecule has 1 heterocycles. The number of nitrogens with zero attached hydrogens (tertiary/aromatic N) is 1. The third-order valence-electron chi connectivity index (χ3n) is 7.07. The number of carbonyl (C=O) groups excluding carboxylic acids is 2. The van der Waals surface area contributed by atoms with Crippen LogP contribution in [0.15, 0.2) is 48.5 Å². The van der Waals surface area contributed by atoms with E-state index < -0.39 is 40.7 Å². The number of phenols is 1. The maximum atomic E-state index is 13.5. The van der Waals surface area contributed by atoms with E-state index in [1.54, 1.807) is 19.1 Å². The van der Waals surface area contributed by atoms with Crippen LogP contribution in [-0.2, 0) is 16.0 Å². The molecule has 1 aliphatic carbocycles. The van der Waals surface area contributed by atoms with Crippen molar-refractivity contribution in [3.8, 4) is 5.75 Å². The molecule has 4 rings (SSSR count). The van der Waals surface area contributed by atoms with E-state index in [2.05, 4.69) is 5.32 Å². The van der Waals surface area contributed by atoms with Gasteiger partial charge in [-0.15, -0.1) is 11.8 Å². The maximum absolute atomic E-state index is 13.5. The van der Waals surface area contributed by atoms with Crippen LogP contribution in [0.25, 0.3) is 0 Å². The van der Waals surface area contributed by atoms with E-state index in [0.717, 1.165) is 31.2 Å². The molecule has 2 amide bonds. The maximum Gasteiger partial charge on any atom is 0.327 e. The number of carbonyl (C=O) groups is 3. The Bertz CT molecular complexity index is 1100. The second-order valence-corrected chi connectivity index (χ2v) is 10.6. The molecule has 0 bridgehead atoms. The van der Waals surface area contributed by atoms with Crippen LogP contribution in [0, 0.1) is 6.92 Å². The van der Waals surface area contributed by atoms with Crippen LogP contribution in [0.1, 0.15) is 47.2 Å². The van der Waals surface area contributed by atoms with Gasteiger partial charge in [0.25, 0.3) is 11.8 Å². The number of nitrogens with one attached hydrogen (secondary N) is 1. The van der Waals surface area contributed by atoms with E-state index in [-0.39, 0.29) is 23.6 Å². The first-order valence-corrected chi connectivity index (χ1v) is 12.7. The quantitative estimate of drug-likeness (QED) is 0.462. The molecular weight excluding hydrogens is 468 g/mol. The van der Waals surface area contributed by atoms with Crippen LogP contribution in [-0.4, -0.2) is 66.8 Å². The molecular formula is C26H30N2O6S. The number of carboxylic acid groups (broad SMARTS) is 1. The fourth-order valence-electron chi connectivity index (χ4n) is 5.14. The van der Waals surface area contributed by atoms with Gasteiger partial charge in [0, 0.05) is 15.9 Å². The average Bonchev–Trinajstić information content (AvgIpc) is 3.47. The van der Waals surface area contributed by atoms with Gasteiger partial charge in [-0.3, -0.25) is 9.59 Å². The first-order valence-electron chi connectivity index (χ1n) is 11.7. The zero-order valence-electron chi connectivity index (χ0n) is 19.5. The highest BCUT2D eigenvalue weighted by molar-refractivity contribution is 8.01. The van der Waals surface area contributed by atoms with Crippen LogP contribution >= 0.6 is 11.8 Å². The SMILES string of the molecule is Cc1c(O)cccc1C(=O)N[C@@H](Cc1ccccc1)[C@H](O)C(=O)N1CSC2(CCCC2)C1C(=O)O. The number of benzene rings is 2. The van der Waals surface area contributed by atoms with Crippen LogP contribution < -0.4 is 5.32 Å². The Morgan fingerprint density at radius 2 is 1.80 bits per heavy atom. The number of thioether (sulfide) groups is 1. The van der Waals surface area contributed by atoms with Crippen molar-refractivity contribution in [1.82, 2.24) is 10.2 Å². The molecule has 0 aromatic heterocycles. The topological polar surface area (TPSA) is 127 Å². The molecule has 2 aliphatic rings. The highest BCUT2D eigenvalue weighted by atomic mass is 32.2. The molecule has 1 saturated heterocycles. The van der Waals surface area contributed by atoms with E-state index >= 15 is 0 Å². The molecule has 4 N–H and O–H groups in total. The molecule has 8 nitrogen and oxygen atoms in total. The number of aliphatic carboxylic acids is 1. The lowest BCUT2D eigenvalue weighted by molar-refractivity contribution is -0.154. The van der Waals surface area contributed by atoms with Gasteiger partial charge in [-0.2, -0.15) is 0 Å². The lowest BCUT2D eigenvalue weighted by Crippen LogP contribution is -2.57. The number of amides is 2. The fourth-order valence-corrected chi connectivity index (χ4v) is 6.78. The first kappa shape index (κ1) is 25.1. The van der Waals surface area contributed by atoms with Crippen molar-refractivity contribution in [2.24, 2.45) is 0 Å². The van der Waals surface area contributed by atoms with Crippen molar-refractivity contribution in [2.45, 2.75) is 62.0 Å². The molecule has 2 aromatic rings. The standard InChI is InChI=1S/C26H30N2O6S/c1-16-18(10-7-11-20(16)29)23(31)27-19(14-17-8-3-2-4-9-17)21(30)24(32)28-15-35-26(12-5-6-13-26)22(28)25(33)34/h2-4,7-11,19,21-22,29-30H,5-6,12-15H2,1H3,(H,27,31)(H,33,34)/t19-,21-,22?/m0/s1. The number of aliphatic hydroxyl groups is 1. The first-order chi connectivity index (χ1) is 16.7. The molecule has 2 fully saturated rings. The molecule has 35 heavy (non-hydrogen) atoms. The zero-order valence-corrected chi connectivity index (χ0v) is 20.3. The largest absolute Gasteiger partial charge is 0.508 e. The summed E-state index contributed by atoms with van der Waals surface area (Å²) in [7, 11) is 0. The molecule has 186 valence electrons. The smallest absolute Gasteiger partial charge is 0.327 e. The minimum absolute atomic E-state index is 0.0332.